The van der Waals surface area contributed by atoms with Crippen LogP contribution in [0, 0.1) is 11.7 Å². The van der Waals surface area contributed by atoms with Crippen molar-refractivity contribution in [2.75, 3.05) is 53.1 Å². The van der Waals surface area contributed by atoms with Gasteiger partial charge in [-0.15, -0.1) is 0 Å². The Hall–Kier alpha value is -2.45. The summed E-state index contributed by atoms with van der Waals surface area (Å²) in [5.74, 6) is 1.32. The molecule has 0 unspecified atom stereocenters. The zero-order valence-electron chi connectivity index (χ0n) is 21.3. The van der Waals surface area contributed by atoms with Crippen LogP contribution in [0.2, 0.25) is 0 Å². The molecule has 4 heterocycles. The number of hydrogen-bond acceptors (Lipinski definition) is 5. The van der Waals surface area contributed by atoms with Crippen molar-refractivity contribution in [1.29, 1.82) is 0 Å². The summed E-state index contributed by atoms with van der Waals surface area (Å²) in [5.41, 5.74) is 4.79. The van der Waals surface area contributed by atoms with Crippen molar-refractivity contribution in [2.24, 2.45) is 13.0 Å². The Balaban J connectivity index is 1.38. The second-order valence-electron chi connectivity index (χ2n) is 10.9. The van der Waals surface area contributed by atoms with Crippen LogP contribution in [0.4, 0.5) is 4.39 Å². The van der Waals surface area contributed by atoms with Crippen LogP contribution in [0.5, 0.6) is 5.75 Å². The zero-order valence-corrected chi connectivity index (χ0v) is 21.3. The first-order valence-corrected chi connectivity index (χ1v) is 13.1. The number of halogens is 1. The lowest BCUT2D eigenvalue weighted by atomic mass is 9.68. The van der Waals surface area contributed by atoms with Crippen molar-refractivity contribution in [3.8, 4) is 5.75 Å². The van der Waals surface area contributed by atoms with Crippen LogP contribution < -0.4 is 4.74 Å². The lowest BCUT2D eigenvalue weighted by Crippen LogP contribution is -2.67. The molecule has 3 aliphatic heterocycles. The average molecular weight is 494 g/mol. The van der Waals surface area contributed by atoms with E-state index in [1.54, 1.807) is 7.11 Å². The zero-order chi connectivity index (χ0) is 24.9. The highest BCUT2D eigenvalue weighted by atomic mass is 19.1. The van der Waals surface area contributed by atoms with Gasteiger partial charge in [0.1, 0.15) is 11.6 Å². The molecule has 3 aromatic rings. The molecule has 0 bridgehead atoms. The van der Waals surface area contributed by atoms with Crippen LogP contribution >= 0.6 is 0 Å². The van der Waals surface area contributed by atoms with Gasteiger partial charge in [0.25, 0.3) is 0 Å². The van der Waals surface area contributed by atoms with Crippen molar-refractivity contribution in [2.45, 2.75) is 30.8 Å². The molecule has 2 aromatic carbocycles. The highest BCUT2D eigenvalue weighted by molar-refractivity contribution is 5.89. The number of fused-ring (bicyclic) bond motifs is 4. The van der Waals surface area contributed by atoms with Crippen LogP contribution in [-0.2, 0) is 23.7 Å². The summed E-state index contributed by atoms with van der Waals surface area (Å²) in [4.78, 5) is 5.01. The number of likely N-dealkylation sites (tertiary alicyclic amines) is 1. The van der Waals surface area contributed by atoms with E-state index in [2.05, 4.69) is 33.5 Å². The third-order valence-electron chi connectivity index (χ3n) is 8.63. The number of aromatic nitrogens is 1. The molecule has 0 saturated carbocycles. The molecule has 0 radical (unpaired) electrons. The fourth-order valence-corrected chi connectivity index (χ4v) is 6.94. The Kier molecular flexibility index (Phi) is 6.28. The first-order valence-electron chi connectivity index (χ1n) is 13.1. The molecular formula is C29H36FN3O3. The van der Waals surface area contributed by atoms with Gasteiger partial charge in [-0.3, -0.25) is 4.90 Å². The Bertz CT molecular complexity index is 1230. The number of aryl methyl sites for hydroxylation is 1. The van der Waals surface area contributed by atoms with Gasteiger partial charge in [-0.25, -0.2) is 4.39 Å². The summed E-state index contributed by atoms with van der Waals surface area (Å²) in [6, 6.07) is 13.0. The van der Waals surface area contributed by atoms with Crippen LogP contribution in [0.25, 0.3) is 10.9 Å². The van der Waals surface area contributed by atoms with Gasteiger partial charge in [-0.2, -0.15) is 0 Å². The van der Waals surface area contributed by atoms with E-state index in [9.17, 15) is 9.50 Å². The standard InChI is InChI=1S/C29H36FN3O3/c1-31-25-13-23(35-2)7-8-24(25)27-28(31)26(16-34)33(15-20-3-5-22(30)6-4-20)19-29(27)17-32(18-29)14-21-9-11-36-12-10-21/h3-8,13,21,26,34H,9-12,14-19H2,1-2H3/t26-/m1/s1. The number of rotatable bonds is 6. The van der Waals surface area contributed by atoms with Gasteiger partial charge >= 0.3 is 0 Å². The lowest BCUT2D eigenvalue weighted by molar-refractivity contribution is -0.0266. The first kappa shape index (κ1) is 23.9. The molecule has 6 nitrogen and oxygen atoms in total. The van der Waals surface area contributed by atoms with E-state index in [1.807, 2.05) is 18.2 Å². The summed E-state index contributed by atoms with van der Waals surface area (Å²) in [5, 5.41) is 11.9. The van der Waals surface area contributed by atoms with Gasteiger partial charge in [0.05, 0.1) is 25.3 Å². The highest BCUT2D eigenvalue weighted by Crippen LogP contribution is 2.50. The molecule has 192 valence electrons. The molecule has 1 N–H and O–H groups in total. The predicted molar refractivity (Wildman–Crippen MR) is 138 cm³/mol. The van der Waals surface area contributed by atoms with E-state index in [0.717, 1.165) is 69.1 Å². The normalized spacial score (nSPS) is 22.6. The third-order valence-corrected chi connectivity index (χ3v) is 8.63. The number of nitrogens with zero attached hydrogens (tertiary/aromatic N) is 3. The molecule has 1 aromatic heterocycles. The van der Waals surface area contributed by atoms with Crippen LogP contribution in [0.15, 0.2) is 42.5 Å². The van der Waals surface area contributed by atoms with Gasteiger partial charge in [0, 0.05) is 75.5 Å². The van der Waals surface area contributed by atoms with Gasteiger partial charge < -0.3 is 24.0 Å². The fourth-order valence-electron chi connectivity index (χ4n) is 6.94. The Labute approximate surface area is 212 Å². The molecule has 3 aliphatic rings. The second-order valence-corrected chi connectivity index (χ2v) is 10.9. The summed E-state index contributed by atoms with van der Waals surface area (Å²) >= 11 is 0. The van der Waals surface area contributed by atoms with Crippen LogP contribution in [0.1, 0.15) is 35.7 Å². The quantitative estimate of drug-likeness (QED) is 0.565. The Morgan fingerprint density at radius 2 is 1.83 bits per heavy atom. The molecule has 0 amide bonds. The largest absolute Gasteiger partial charge is 0.497 e. The van der Waals surface area contributed by atoms with E-state index in [0.29, 0.717) is 12.5 Å². The summed E-state index contributed by atoms with van der Waals surface area (Å²) in [7, 11) is 3.81. The minimum atomic E-state index is -0.222. The molecule has 6 rings (SSSR count). The Morgan fingerprint density at radius 1 is 1.08 bits per heavy atom. The van der Waals surface area contributed by atoms with E-state index in [4.69, 9.17) is 9.47 Å². The second kappa shape index (κ2) is 9.45. The van der Waals surface area contributed by atoms with Gasteiger partial charge in [0.15, 0.2) is 0 Å². The number of aliphatic hydroxyl groups is 1. The molecule has 2 saturated heterocycles. The number of ether oxygens (including phenoxy) is 2. The summed E-state index contributed by atoms with van der Waals surface area (Å²) < 4.78 is 27.0. The number of aliphatic hydroxyl groups excluding tert-OH is 1. The molecule has 7 heteroatoms. The maximum absolute atomic E-state index is 13.6. The van der Waals surface area contributed by atoms with Crippen molar-refractivity contribution in [3.05, 3.63) is 65.1 Å². The number of benzene rings is 2. The molecular weight excluding hydrogens is 457 g/mol. The molecule has 1 atom stereocenters. The monoisotopic (exact) mass is 493 g/mol. The SMILES string of the molecule is COc1ccc2c3c(n(C)c2c1)[C@@H](CO)N(Cc1ccc(F)cc1)CC31CN(CC2CCOCC2)C1. The van der Waals surface area contributed by atoms with Gasteiger partial charge in [-0.1, -0.05) is 12.1 Å². The van der Waals surface area contributed by atoms with Crippen molar-refractivity contribution >= 4 is 10.9 Å². The topological polar surface area (TPSA) is 50.1 Å². The lowest BCUT2D eigenvalue weighted by Gasteiger charge is -2.57. The Morgan fingerprint density at radius 3 is 2.53 bits per heavy atom. The van der Waals surface area contributed by atoms with Crippen molar-refractivity contribution < 1.29 is 19.0 Å². The number of methoxy groups -OCH3 is 1. The fraction of sp³-hybridized carbons (Fsp3) is 0.517. The summed E-state index contributed by atoms with van der Waals surface area (Å²) in [6.45, 7) is 6.50. The maximum Gasteiger partial charge on any atom is 0.123 e. The molecule has 0 aliphatic carbocycles. The maximum atomic E-state index is 13.6. The van der Waals surface area contributed by atoms with Crippen molar-refractivity contribution in [3.63, 3.8) is 0 Å². The minimum Gasteiger partial charge on any atom is -0.497 e. The number of hydrogen-bond donors (Lipinski definition) is 1. The van der Waals surface area contributed by atoms with Crippen LogP contribution in [-0.4, -0.2) is 72.6 Å². The van der Waals surface area contributed by atoms with Gasteiger partial charge in [0.2, 0.25) is 0 Å². The summed E-state index contributed by atoms with van der Waals surface area (Å²) in [6.07, 6.45) is 2.29. The minimum absolute atomic E-state index is 0.000297. The van der Waals surface area contributed by atoms with Gasteiger partial charge in [-0.05, 0) is 54.2 Å². The molecule has 1 spiro atoms. The first-order chi connectivity index (χ1) is 17.5. The van der Waals surface area contributed by atoms with E-state index < -0.39 is 0 Å². The van der Waals surface area contributed by atoms with E-state index in [1.165, 1.54) is 28.8 Å². The third kappa shape index (κ3) is 4.02. The smallest absolute Gasteiger partial charge is 0.123 e. The molecule has 36 heavy (non-hydrogen) atoms. The van der Waals surface area contributed by atoms with E-state index >= 15 is 0 Å². The highest BCUT2D eigenvalue weighted by Gasteiger charge is 2.53. The van der Waals surface area contributed by atoms with Crippen LogP contribution in [0.3, 0.4) is 0 Å². The van der Waals surface area contributed by atoms with Crippen molar-refractivity contribution in [1.82, 2.24) is 14.4 Å². The predicted octanol–water partition coefficient (Wildman–Crippen LogP) is 3.86. The molecule has 2 fully saturated rings. The average Bonchev–Trinajstić information content (AvgIpc) is 3.17. The van der Waals surface area contributed by atoms with E-state index in [-0.39, 0.29) is 23.9 Å².